The third-order valence-electron chi connectivity index (χ3n) is 2.65. The largest absolute Gasteiger partial charge is 0.295 e. The molecule has 1 aliphatic rings. The van der Waals surface area contributed by atoms with E-state index in [4.69, 9.17) is 0 Å². The molecule has 1 aliphatic carbocycles. The molecule has 1 unspecified atom stereocenters. The van der Waals surface area contributed by atoms with E-state index in [2.05, 4.69) is 27.7 Å². The molecular weight excluding hydrogens is 148 g/mol. The first-order valence-corrected chi connectivity index (χ1v) is 4.59. The standard InChI is InChI=1S/C11H18O/c1-8-5-9(11(2,3)4)7-10(12)6-8/h6,9H,5,7H2,1-4H3. The van der Waals surface area contributed by atoms with Gasteiger partial charge in [-0.3, -0.25) is 4.79 Å². The smallest absolute Gasteiger partial charge is 0.155 e. The Balaban J connectivity index is 2.74. The van der Waals surface area contributed by atoms with E-state index in [1.165, 1.54) is 5.57 Å². The van der Waals surface area contributed by atoms with Gasteiger partial charge in [0, 0.05) is 6.42 Å². The number of carbonyl (C=O) groups is 1. The lowest BCUT2D eigenvalue weighted by Crippen LogP contribution is -2.25. The first-order valence-electron chi connectivity index (χ1n) is 4.59. The van der Waals surface area contributed by atoms with Gasteiger partial charge in [0.05, 0.1) is 0 Å². The second-order valence-electron chi connectivity index (χ2n) is 4.93. The average molecular weight is 166 g/mol. The number of rotatable bonds is 0. The van der Waals surface area contributed by atoms with Gasteiger partial charge in [0.2, 0.25) is 0 Å². The molecule has 0 amide bonds. The predicted octanol–water partition coefficient (Wildman–Crippen LogP) is 2.96. The van der Waals surface area contributed by atoms with Crippen molar-refractivity contribution in [3.8, 4) is 0 Å². The summed E-state index contributed by atoms with van der Waals surface area (Å²) in [5.74, 6) is 0.841. The Hall–Kier alpha value is -0.590. The molecule has 1 heteroatoms. The van der Waals surface area contributed by atoms with Gasteiger partial charge in [0.1, 0.15) is 0 Å². The van der Waals surface area contributed by atoms with Crippen LogP contribution in [0.15, 0.2) is 11.6 Å². The summed E-state index contributed by atoms with van der Waals surface area (Å²) in [6.07, 6.45) is 3.62. The van der Waals surface area contributed by atoms with E-state index in [9.17, 15) is 4.79 Å². The van der Waals surface area contributed by atoms with E-state index in [0.29, 0.717) is 11.7 Å². The molecule has 0 spiro atoms. The molecule has 0 N–H and O–H groups in total. The Labute approximate surface area is 74.9 Å². The highest BCUT2D eigenvalue weighted by Gasteiger charge is 2.28. The van der Waals surface area contributed by atoms with Crippen LogP contribution in [0.5, 0.6) is 0 Å². The summed E-state index contributed by atoms with van der Waals surface area (Å²) in [5, 5.41) is 0. The molecule has 0 saturated carbocycles. The first kappa shape index (κ1) is 9.50. The molecule has 1 nitrogen and oxygen atoms in total. The highest BCUT2D eigenvalue weighted by molar-refractivity contribution is 5.91. The predicted molar refractivity (Wildman–Crippen MR) is 50.9 cm³/mol. The summed E-state index contributed by atoms with van der Waals surface area (Å²) < 4.78 is 0. The van der Waals surface area contributed by atoms with Gasteiger partial charge in [-0.25, -0.2) is 0 Å². The second kappa shape index (κ2) is 3.04. The zero-order valence-electron chi connectivity index (χ0n) is 8.48. The van der Waals surface area contributed by atoms with Crippen LogP contribution in [-0.4, -0.2) is 5.78 Å². The maximum Gasteiger partial charge on any atom is 0.155 e. The van der Waals surface area contributed by atoms with Gasteiger partial charge in [0.25, 0.3) is 0 Å². The van der Waals surface area contributed by atoms with Crippen molar-refractivity contribution in [3.05, 3.63) is 11.6 Å². The van der Waals surface area contributed by atoms with Gasteiger partial charge >= 0.3 is 0 Å². The minimum atomic E-state index is 0.269. The van der Waals surface area contributed by atoms with Crippen LogP contribution >= 0.6 is 0 Å². The monoisotopic (exact) mass is 166 g/mol. The molecule has 0 bridgehead atoms. The Morgan fingerprint density at radius 3 is 2.33 bits per heavy atom. The van der Waals surface area contributed by atoms with Gasteiger partial charge in [-0.2, -0.15) is 0 Å². The first-order chi connectivity index (χ1) is 5.39. The molecule has 0 aliphatic heterocycles. The van der Waals surface area contributed by atoms with Crippen LogP contribution in [0, 0.1) is 11.3 Å². The maximum atomic E-state index is 11.3. The molecule has 0 aromatic rings. The highest BCUT2D eigenvalue weighted by Crippen LogP contribution is 2.36. The molecule has 12 heavy (non-hydrogen) atoms. The fourth-order valence-electron chi connectivity index (χ4n) is 1.71. The molecule has 0 heterocycles. The van der Waals surface area contributed by atoms with Crippen molar-refractivity contribution in [1.82, 2.24) is 0 Å². The van der Waals surface area contributed by atoms with E-state index in [1.54, 1.807) is 6.08 Å². The summed E-state index contributed by atoms with van der Waals surface area (Å²) in [4.78, 5) is 11.3. The van der Waals surface area contributed by atoms with Crippen LogP contribution in [0.25, 0.3) is 0 Å². The van der Waals surface area contributed by atoms with E-state index < -0.39 is 0 Å². The Morgan fingerprint density at radius 1 is 1.33 bits per heavy atom. The van der Waals surface area contributed by atoms with Crippen LogP contribution in [-0.2, 0) is 4.79 Å². The summed E-state index contributed by atoms with van der Waals surface area (Å²) >= 11 is 0. The molecule has 68 valence electrons. The third kappa shape index (κ3) is 2.20. The fraction of sp³-hybridized carbons (Fsp3) is 0.727. The van der Waals surface area contributed by atoms with Crippen LogP contribution in [0.3, 0.4) is 0 Å². The lowest BCUT2D eigenvalue weighted by molar-refractivity contribution is -0.116. The molecule has 0 aromatic carbocycles. The number of hydrogen-bond donors (Lipinski definition) is 0. The molecule has 0 saturated heterocycles. The van der Waals surface area contributed by atoms with Gasteiger partial charge in [-0.05, 0) is 30.8 Å². The summed E-state index contributed by atoms with van der Waals surface area (Å²) in [6, 6.07) is 0. The normalized spacial score (nSPS) is 25.5. The molecule has 1 atom stereocenters. The van der Waals surface area contributed by atoms with Crippen molar-refractivity contribution in [2.24, 2.45) is 11.3 Å². The number of ketones is 1. The Kier molecular flexibility index (Phi) is 2.41. The number of carbonyl (C=O) groups excluding carboxylic acids is 1. The van der Waals surface area contributed by atoms with Crippen molar-refractivity contribution in [1.29, 1.82) is 0 Å². The number of hydrogen-bond acceptors (Lipinski definition) is 1. The van der Waals surface area contributed by atoms with Crippen molar-refractivity contribution in [2.75, 3.05) is 0 Å². The minimum absolute atomic E-state index is 0.269. The lowest BCUT2D eigenvalue weighted by Gasteiger charge is -2.32. The third-order valence-corrected chi connectivity index (χ3v) is 2.65. The topological polar surface area (TPSA) is 17.1 Å². The Morgan fingerprint density at radius 2 is 1.92 bits per heavy atom. The van der Waals surface area contributed by atoms with E-state index in [-0.39, 0.29) is 5.41 Å². The molecular formula is C11H18O. The van der Waals surface area contributed by atoms with E-state index in [1.807, 2.05) is 0 Å². The highest BCUT2D eigenvalue weighted by atomic mass is 16.1. The molecule has 0 aromatic heterocycles. The Bertz CT molecular complexity index is 218. The lowest BCUT2D eigenvalue weighted by atomic mass is 9.72. The van der Waals surface area contributed by atoms with Crippen molar-refractivity contribution in [2.45, 2.75) is 40.5 Å². The van der Waals surface area contributed by atoms with Crippen LogP contribution < -0.4 is 0 Å². The summed E-state index contributed by atoms with van der Waals surface area (Å²) in [5.41, 5.74) is 1.51. The van der Waals surface area contributed by atoms with Gasteiger partial charge in [-0.1, -0.05) is 26.3 Å². The van der Waals surface area contributed by atoms with E-state index >= 15 is 0 Å². The van der Waals surface area contributed by atoms with Gasteiger partial charge < -0.3 is 0 Å². The van der Waals surface area contributed by atoms with Crippen molar-refractivity contribution >= 4 is 5.78 Å². The fourth-order valence-corrected chi connectivity index (χ4v) is 1.71. The molecule has 0 fully saturated rings. The second-order valence-corrected chi connectivity index (χ2v) is 4.93. The van der Waals surface area contributed by atoms with Crippen LogP contribution in [0.1, 0.15) is 40.5 Å². The maximum absolute atomic E-state index is 11.3. The molecule has 1 rings (SSSR count). The summed E-state index contributed by atoms with van der Waals surface area (Å²) in [7, 11) is 0. The van der Waals surface area contributed by atoms with Crippen LogP contribution in [0.4, 0.5) is 0 Å². The summed E-state index contributed by atoms with van der Waals surface area (Å²) in [6.45, 7) is 8.69. The quantitative estimate of drug-likeness (QED) is 0.540. The minimum Gasteiger partial charge on any atom is -0.295 e. The SMILES string of the molecule is CC1=CC(=O)CC(C(C)(C)C)C1. The van der Waals surface area contributed by atoms with Crippen molar-refractivity contribution in [3.63, 3.8) is 0 Å². The molecule has 0 radical (unpaired) electrons. The zero-order valence-corrected chi connectivity index (χ0v) is 8.48. The zero-order chi connectivity index (χ0) is 9.35. The van der Waals surface area contributed by atoms with Gasteiger partial charge in [-0.15, -0.1) is 0 Å². The van der Waals surface area contributed by atoms with Gasteiger partial charge in [0.15, 0.2) is 5.78 Å². The van der Waals surface area contributed by atoms with Crippen molar-refractivity contribution < 1.29 is 4.79 Å². The van der Waals surface area contributed by atoms with Crippen LogP contribution in [0.2, 0.25) is 0 Å². The van der Waals surface area contributed by atoms with E-state index in [0.717, 1.165) is 12.8 Å². The number of allylic oxidation sites excluding steroid dienone is 2. The average Bonchev–Trinajstić information content (AvgIpc) is 1.82.